The minimum atomic E-state index is 0.0115. The minimum absolute atomic E-state index is 0.0115. The van der Waals surface area contributed by atoms with Crippen molar-refractivity contribution in [2.45, 2.75) is 20.8 Å². The number of nitrogens with one attached hydrogen (secondary N) is 1. The second kappa shape index (κ2) is 5.72. The Kier molecular flexibility index (Phi) is 3.73. The van der Waals surface area contributed by atoms with Crippen molar-refractivity contribution in [3.63, 3.8) is 0 Å². The highest BCUT2D eigenvalue weighted by molar-refractivity contribution is 5.98. The molecule has 23 heavy (non-hydrogen) atoms. The first-order valence-electron chi connectivity index (χ1n) is 7.20. The molecule has 0 atom stereocenters. The molecule has 6 heteroatoms. The van der Waals surface area contributed by atoms with Crippen LogP contribution in [0.15, 0.2) is 28.8 Å². The molecule has 1 N–H and O–H groups in total. The summed E-state index contributed by atoms with van der Waals surface area (Å²) in [5.41, 5.74) is 3.80. The number of rotatable bonds is 4. The summed E-state index contributed by atoms with van der Waals surface area (Å²) in [5, 5.41) is 4.01. The van der Waals surface area contributed by atoms with Gasteiger partial charge in [-0.2, -0.15) is 4.98 Å². The van der Waals surface area contributed by atoms with E-state index < -0.39 is 0 Å². The lowest BCUT2D eigenvalue weighted by molar-refractivity contribution is 0.101. The fourth-order valence-electron chi connectivity index (χ4n) is 2.67. The minimum Gasteiger partial charge on any atom is -0.497 e. The number of hydrogen-bond donors (Lipinski definition) is 1. The number of carbonyl (C=O) groups is 1. The normalized spacial score (nSPS) is 10.8. The zero-order chi connectivity index (χ0) is 16.6. The van der Waals surface area contributed by atoms with E-state index in [4.69, 9.17) is 9.26 Å². The summed E-state index contributed by atoms with van der Waals surface area (Å²) in [6.07, 6.45) is 0. The first kappa shape index (κ1) is 15.0. The van der Waals surface area contributed by atoms with Gasteiger partial charge in [0.05, 0.1) is 7.11 Å². The maximum atomic E-state index is 11.7. The number of aryl methyl sites for hydroxylation is 1. The maximum Gasteiger partial charge on any atom is 0.274 e. The molecule has 2 heterocycles. The number of carbonyl (C=O) groups excluding carboxylic acids is 1. The molecule has 6 nitrogen and oxygen atoms in total. The van der Waals surface area contributed by atoms with Crippen LogP contribution >= 0.6 is 0 Å². The van der Waals surface area contributed by atoms with Crippen molar-refractivity contribution >= 4 is 5.78 Å². The van der Waals surface area contributed by atoms with Crippen molar-refractivity contribution in [2.75, 3.05) is 7.11 Å². The summed E-state index contributed by atoms with van der Waals surface area (Å²) in [4.78, 5) is 19.3. The number of nitrogens with zero attached hydrogens (tertiary/aromatic N) is 2. The molecule has 0 amide bonds. The number of aromatic nitrogens is 3. The van der Waals surface area contributed by atoms with E-state index in [0.29, 0.717) is 23.0 Å². The number of hydrogen-bond acceptors (Lipinski definition) is 5. The molecule has 3 rings (SSSR count). The van der Waals surface area contributed by atoms with Gasteiger partial charge in [-0.3, -0.25) is 4.79 Å². The van der Waals surface area contributed by atoms with Gasteiger partial charge in [0.15, 0.2) is 5.78 Å². The van der Waals surface area contributed by atoms with Gasteiger partial charge >= 0.3 is 0 Å². The lowest BCUT2D eigenvalue weighted by atomic mass is 10.1. The number of ether oxygens (including phenoxy) is 1. The van der Waals surface area contributed by atoms with Crippen LogP contribution < -0.4 is 4.74 Å². The number of methoxy groups -OCH3 is 1. The van der Waals surface area contributed by atoms with Crippen molar-refractivity contribution in [2.24, 2.45) is 0 Å². The SMILES string of the molecule is COc1ccc(-c2noc(-c3[nH]c(C)c(C(C)=O)c3C)n2)cc1. The number of ketones is 1. The maximum absolute atomic E-state index is 11.7. The number of Topliss-reactive ketones (excluding diaryl/α,β-unsaturated/α-hetero) is 1. The lowest BCUT2D eigenvalue weighted by Gasteiger charge is -1.99. The standard InChI is InChI=1S/C17H17N3O3/c1-9-14(11(3)21)10(2)18-15(9)17-19-16(20-23-17)12-5-7-13(22-4)8-6-12/h5-8,18H,1-4H3. The second-order valence-electron chi connectivity index (χ2n) is 5.33. The van der Waals surface area contributed by atoms with Crippen molar-refractivity contribution in [1.29, 1.82) is 0 Å². The van der Waals surface area contributed by atoms with Crippen molar-refractivity contribution in [3.8, 4) is 28.7 Å². The number of H-pyrrole nitrogens is 1. The largest absolute Gasteiger partial charge is 0.497 e. The van der Waals surface area contributed by atoms with E-state index in [1.54, 1.807) is 14.0 Å². The molecule has 3 aromatic rings. The van der Waals surface area contributed by atoms with Gasteiger partial charge < -0.3 is 14.2 Å². The monoisotopic (exact) mass is 311 g/mol. The van der Waals surface area contributed by atoms with E-state index in [0.717, 1.165) is 22.6 Å². The Bertz CT molecular complexity index is 860. The summed E-state index contributed by atoms with van der Waals surface area (Å²) < 4.78 is 10.5. The van der Waals surface area contributed by atoms with Crippen LogP contribution in [0, 0.1) is 13.8 Å². The van der Waals surface area contributed by atoms with E-state index in [1.807, 2.05) is 38.1 Å². The van der Waals surface area contributed by atoms with Crippen molar-refractivity contribution in [3.05, 3.63) is 41.1 Å². The predicted octanol–water partition coefficient (Wildman–Crippen LogP) is 3.56. The Labute approximate surface area is 133 Å². The molecular formula is C17H17N3O3. The van der Waals surface area contributed by atoms with Crippen LogP contribution in [-0.2, 0) is 0 Å². The molecule has 0 fully saturated rings. The number of benzene rings is 1. The molecular weight excluding hydrogens is 294 g/mol. The van der Waals surface area contributed by atoms with Crippen LogP contribution in [0.4, 0.5) is 0 Å². The quantitative estimate of drug-likeness (QED) is 0.745. The van der Waals surface area contributed by atoms with Gasteiger partial charge in [0, 0.05) is 16.8 Å². The average Bonchev–Trinajstić information content (AvgIpc) is 3.12. The summed E-state index contributed by atoms with van der Waals surface area (Å²) in [5.74, 6) is 1.62. The third-order valence-corrected chi connectivity index (χ3v) is 3.78. The Morgan fingerprint density at radius 3 is 2.48 bits per heavy atom. The molecule has 0 aliphatic rings. The van der Waals surface area contributed by atoms with Gasteiger partial charge in [-0.25, -0.2) is 0 Å². The molecule has 0 spiro atoms. The van der Waals surface area contributed by atoms with Crippen LogP contribution in [0.2, 0.25) is 0 Å². The van der Waals surface area contributed by atoms with E-state index in [-0.39, 0.29) is 5.78 Å². The van der Waals surface area contributed by atoms with E-state index in [2.05, 4.69) is 15.1 Å². The highest BCUT2D eigenvalue weighted by Crippen LogP contribution is 2.28. The molecule has 0 unspecified atom stereocenters. The fraction of sp³-hybridized carbons (Fsp3) is 0.235. The topological polar surface area (TPSA) is 81.0 Å². The predicted molar refractivity (Wildman–Crippen MR) is 85.6 cm³/mol. The first-order chi connectivity index (χ1) is 11.0. The molecule has 118 valence electrons. The molecule has 0 radical (unpaired) electrons. The fourth-order valence-corrected chi connectivity index (χ4v) is 2.67. The molecule has 1 aromatic carbocycles. The van der Waals surface area contributed by atoms with Gasteiger partial charge in [-0.1, -0.05) is 5.16 Å². The van der Waals surface area contributed by atoms with Crippen LogP contribution in [0.5, 0.6) is 5.75 Å². The zero-order valence-electron chi connectivity index (χ0n) is 13.4. The average molecular weight is 311 g/mol. The third kappa shape index (κ3) is 2.63. The smallest absolute Gasteiger partial charge is 0.274 e. The summed E-state index contributed by atoms with van der Waals surface area (Å²) in [6.45, 7) is 5.27. The van der Waals surface area contributed by atoms with Gasteiger partial charge in [-0.15, -0.1) is 0 Å². The lowest BCUT2D eigenvalue weighted by Crippen LogP contribution is -1.94. The first-order valence-corrected chi connectivity index (χ1v) is 7.20. The van der Waals surface area contributed by atoms with Gasteiger partial charge in [-0.05, 0) is 50.6 Å². The van der Waals surface area contributed by atoms with E-state index in [9.17, 15) is 4.79 Å². The van der Waals surface area contributed by atoms with Crippen LogP contribution in [0.1, 0.15) is 28.5 Å². The van der Waals surface area contributed by atoms with Crippen LogP contribution in [0.3, 0.4) is 0 Å². The Morgan fingerprint density at radius 2 is 1.91 bits per heavy atom. The number of aromatic amines is 1. The highest BCUT2D eigenvalue weighted by Gasteiger charge is 2.20. The highest BCUT2D eigenvalue weighted by atomic mass is 16.5. The summed E-state index contributed by atoms with van der Waals surface area (Å²) in [7, 11) is 1.62. The Hall–Kier alpha value is -2.89. The van der Waals surface area contributed by atoms with Gasteiger partial charge in [0.1, 0.15) is 11.4 Å². The van der Waals surface area contributed by atoms with Crippen LogP contribution in [-0.4, -0.2) is 28.0 Å². The van der Waals surface area contributed by atoms with E-state index >= 15 is 0 Å². The Morgan fingerprint density at radius 1 is 1.22 bits per heavy atom. The third-order valence-electron chi connectivity index (χ3n) is 3.78. The van der Waals surface area contributed by atoms with Crippen molar-refractivity contribution < 1.29 is 14.1 Å². The summed E-state index contributed by atoms with van der Waals surface area (Å²) >= 11 is 0. The Balaban J connectivity index is 1.99. The molecule has 0 saturated carbocycles. The van der Waals surface area contributed by atoms with Gasteiger partial charge in [0.2, 0.25) is 5.82 Å². The molecule has 2 aromatic heterocycles. The molecule has 0 aliphatic heterocycles. The summed E-state index contributed by atoms with van der Waals surface area (Å²) in [6, 6.07) is 7.40. The van der Waals surface area contributed by atoms with Gasteiger partial charge in [0.25, 0.3) is 5.89 Å². The zero-order valence-corrected chi connectivity index (χ0v) is 13.4. The van der Waals surface area contributed by atoms with Crippen LogP contribution in [0.25, 0.3) is 23.0 Å². The van der Waals surface area contributed by atoms with Crippen molar-refractivity contribution in [1.82, 2.24) is 15.1 Å². The molecule has 0 bridgehead atoms. The van der Waals surface area contributed by atoms with E-state index in [1.165, 1.54) is 0 Å². The molecule has 0 aliphatic carbocycles. The second-order valence-corrected chi connectivity index (χ2v) is 5.33. The molecule has 0 saturated heterocycles.